The number of nitriles is 1. The van der Waals surface area contributed by atoms with E-state index < -0.39 is 10.2 Å². The number of hydrogen-bond donors (Lipinski definition) is 2. The lowest BCUT2D eigenvalue weighted by Gasteiger charge is -2.00. The second-order valence-corrected chi connectivity index (χ2v) is 5.74. The largest absolute Gasteiger partial charge is 0.274 e. The van der Waals surface area contributed by atoms with Crippen LogP contribution in [0.2, 0.25) is 0 Å². The lowest BCUT2D eigenvalue weighted by atomic mass is 10.1. The molecule has 0 aliphatic rings. The highest BCUT2D eigenvalue weighted by Crippen LogP contribution is 2.26. The van der Waals surface area contributed by atoms with Gasteiger partial charge in [0.25, 0.3) is 10.2 Å². The van der Waals surface area contributed by atoms with E-state index in [1.165, 1.54) is 11.3 Å². The molecule has 88 valence electrons. The van der Waals surface area contributed by atoms with E-state index in [2.05, 4.69) is 4.72 Å². The summed E-state index contributed by atoms with van der Waals surface area (Å²) in [6, 6.07) is 7.37. The smallest absolute Gasteiger partial charge is 0.216 e. The molecule has 2 rings (SSSR count). The minimum atomic E-state index is -3.69. The third-order valence-electron chi connectivity index (χ3n) is 2.25. The van der Waals surface area contributed by atoms with Crippen molar-refractivity contribution in [2.45, 2.75) is 6.54 Å². The monoisotopic (exact) mass is 267 g/mol. The van der Waals surface area contributed by atoms with Crippen LogP contribution in [0.25, 0.3) is 10.1 Å². The molecule has 0 fully saturated rings. The molecule has 17 heavy (non-hydrogen) atoms. The number of rotatable bonds is 3. The summed E-state index contributed by atoms with van der Waals surface area (Å²) in [5.41, 5.74) is 1.36. The molecule has 0 aliphatic heterocycles. The molecule has 3 N–H and O–H groups in total. The van der Waals surface area contributed by atoms with Gasteiger partial charge >= 0.3 is 0 Å². The van der Waals surface area contributed by atoms with Crippen molar-refractivity contribution in [3.63, 3.8) is 0 Å². The highest BCUT2D eigenvalue weighted by Gasteiger charge is 2.07. The molecule has 0 unspecified atom stereocenters. The third kappa shape index (κ3) is 2.81. The quantitative estimate of drug-likeness (QED) is 0.870. The lowest BCUT2D eigenvalue weighted by Crippen LogP contribution is -2.30. The van der Waals surface area contributed by atoms with Gasteiger partial charge in [-0.05, 0) is 34.5 Å². The Bertz CT molecular complexity index is 698. The molecular weight excluding hydrogens is 258 g/mol. The van der Waals surface area contributed by atoms with E-state index in [1.54, 1.807) is 12.1 Å². The Kier molecular flexibility index (Phi) is 3.13. The van der Waals surface area contributed by atoms with E-state index in [1.807, 2.05) is 17.5 Å². The molecule has 0 saturated heterocycles. The lowest BCUT2D eigenvalue weighted by molar-refractivity contribution is 0.583. The molecule has 0 atom stereocenters. The van der Waals surface area contributed by atoms with Gasteiger partial charge in [-0.3, -0.25) is 0 Å². The van der Waals surface area contributed by atoms with E-state index in [4.69, 9.17) is 10.4 Å². The van der Waals surface area contributed by atoms with Crippen molar-refractivity contribution in [3.05, 3.63) is 34.7 Å². The maximum absolute atomic E-state index is 10.8. The maximum Gasteiger partial charge on any atom is 0.274 e. The molecule has 5 nitrogen and oxygen atoms in total. The van der Waals surface area contributed by atoms with Gasteiger partial charge in [0, 0.05) is 11.2 Å². The summed E-state index contributed by atoms with van der Waals surface area (Å²) in [5, 5.41) is 16.4. The van der Waals surface area contributed by atoms with Crippen LogP contribution in [-0.4, -0.2) is 8.42 Å². The Labute approximate surface area is 103 Å². The Hall–Kier alpha value is -1.46. The molecule has 1 heterocycles. The van der Waals surface area contributed by atoms with Gasteiger partial charge in [-0.25, -0.2) is 5.14 Å². The Morgan fingerprint density at radius 2 is 2.24 bits per heavy atom. The number of thiophene rings is 1. The van der Waals surface area contributed by atoms with Crippen LogP contribution in [0.1, 0.15) is 11.1 Å². The molecule has 1 aromatic heterocycles. The number of nitrogens with two attached hydrogens (primary N) is 1. The first kappa shape index (κ1) is 12.0. The molecule has 0 amide bonds. The Morgan fingerprint density at radius 3 is 2.88 bits per heavy atom. The summed E-state index contributed by atoms with van der Waals surface area (Å²) in [4.78, 5) is 0. The Balaban J connectivity index is 2.38. The van der Waals surface area contributed by atoms with Crippen LogP contribution in [0.5, 0.6) is 0 Å². The standard InChI is InChI=1S/C10H9N3O2S2/c11-4-7-1-2-10-9(3-7)8(6-16-10)5-13-17(12,14)15/h1-3,6,13H,5H2,(H2,12,14,15). The highest BCUT2D eigenvalue weighted by molar-refractivity contribution is 7.87. The van der Waals surface area contributed by atoms with Crippen molar-refractivity contribution < 1.29 is 8.42 Å². The second kappa shape index (κ2) is 4.43. The first-order valence-corrected chi connectivity index (χ1v) is 7.10. The van der Waals surface area contributed by atoms with E-state index in [0.717, 1.165) is 15.6 Å². The van der Waals surface area contributed by atoms with Crippen LogP contribution in [0.3, 0.4) is 0 Å². The fourth-order valence-electron chi connectivity index (χ4n) is 1.47. The molecule has 1 aromatic carbocycles. The summed E-state index contributed by atoms with van der Waals surface area (Å²) in [5.74, 6) is 0. The average molecular weight is 267 g/mol. The van der Waals surface area contributed by atoms with E-state index in [9.17, 15) is 8.42 Å². The van der Waals surface area contributed by atoms with Gasteiger partial charge < -0.3 is 0 Å². The molecule has 0 bridgehead atoms. The zero-order chi connectivity index (χ0) is 12.5. The number of benzene rings is 1. The SMILES string of the molecule is N#Cc1ccc2scc(CNS(N)(=O)=O)c2c1. The van der Waals surface area contributed by atoms with E-state index in [-0.39, 0.29) is 6.54 Å². The van der Waals surface area contributed by atoms with Crippen LogP contribution in [0, 0.1) is 11.3 Å². The zero-order valence-electron chi connectivity index (χ0n) is 8.67. The summed E-state index contributed by atoms with van der Waals surface area (Å²) < 4.78 is 24.8. The molecule has 0 radical (unpaired) electrons. The number of nitrogens with one attached hydrogen (secondary N) is 1. The van der Waals surface area contributed by atoms with E-state index >= 15 is 0 Å². The van der Waals surface area contributed by atoms with Gasteiger partial charge in [-0.15, -0.1) is 11.3 Å². The summed E-state index contributed by atoms with van der Waals surface area (Å²) >= 11 is 1.50. The van der Waals surface area contributed by atoms with Gasteiger partial charge in [0.15, 0.2) is 0 Å². The number of fused-ring (bicyclic) bond motifs is 1. The van der Waals surface area contributed by atoms with Crippen LogP contribution >= 0.6 is 11.3 Å². The summed E-state index contributed by atoms with van der Waals surface area (Å²) in [6.45, 7) is 0.133. The third-order valence-corrected chi connectivity index (χ3v) is 3.81. The molecule has 7 heteroatoms. The minimum absolute atomic E-state index is 0.133. The maximum atomic E-state index is 10.8. The van der Waals surface area contributed by atoms with Crippen LogP contribution in [0.15, 0.2) is 23.6 Å². The van der Waals surface area contributed by atoms with Gasteiger partial charge in [-0.1, -0.05) is 0 Å². The summed E-state index contributed by atoms with van der Waals surface area (Å²) in [7, 11) is -3.69. The highest BCUT2D eigenvalue weighted by atomic mass is 32.2. The first-order valence-electron chi connectivity index (χ1n) is 4.67. The van der Waals surface area contributed by atoms with Gasteiger partial charge in [0.05, 0.1) is 11.6 Å². The Morgan fingerprint density at radius 1 is 1.47 bits per heavy atom. The fraction of sp³-hybridized carbons (Fsp3) is 0.100. The molecule has 0 spiro atoms. The first-order chi connectivity index (χ1) is 7.99. The minimum Gasteiger partial charge on any atom is -0.216 e. The van der Waals surface area contributed by atoms with Crippen molar-refractivity contribution in [2.75, 3.05) is 0 Å². The van der Waals surface area contributed by atoms with Gasteiger partial charge in [0.2, 0.25) is 0 Å². The van der Waals surface area contributed by atoms with Crippen molar-refractivity contribution >= 4 is 31.6 Å². The summed E-state index contributed by atoms with van der Waals surface area (Å²) in [6.07, 6.45) is 0. The fourth-order valence-corrected chi connectivity index (χ4v) is 2.77. The predicted octanol–water partition coefficient (Wildman–Crippen LogP) is 1.07. The molecular formula is C10H9N3O2S2. The van der Waals surface area contributed by atoms with Crippen molar-refractivity contribution in [1.82, 2.24) is 4.72 Å². The molecule has 0 aliphatic carbocycles. The molecule has 2 aromatic rings. The predicted molar refractivity (Wildman–Crippen MR) is 66.5 cm³/mol. The van der Waals surface area contributed by atoms with E-state index in [0.29, 0.717) is 5.56 Å². The van der Waals surface area contributed by atoms with Gasteiger partial charge in [-0.2, -0.15) is 18.4 Å². The topological polar surface area (TPSA) is 96.0 Å². The zero-order valence-corrected chi connectivity index (χ0v) is 10.3. The normalized spacial score (nSPS) is 11.5. The molecule has 0 saturated carbocycles. The van der Waals surface area contributed by atoms with Crippen molar-refractivity contribution in [3.8, 4) is 6.07 Å². The van der Waals surface area contributed by atoms with Crippen LogP contribution in [0.4, 0.5) is 0 Å². The number of hydrogen-bond acceptors (Lipinski definition) is 4. The van der Waals surface area contributed by atoms with Crippen LogP contribution < -0.4 is 9.86 Å². The second-order valence-electron chi connectivity index (χ2n) is 3.45. The van der Waals surface area contributed by atoms with Crippen molar-refractivity contribution in [2.24, 2.45) is 5.14 Å². The number of nitrogens with zero attached hydrogens (tertiary/aromatic N) is 1. The van der Waals surface area contributed by atoms with Crippen LogP contribution in [-0.2, 0) is 16.8 Å². The van der Waals surface area contributed by atoms with Crippen molar-refractivity contribution in [1.29, 1.82) is 5.26 Å². The average Bonchev–Trinajstić information content (AvgIpc) is 2.67. The van der Waals surface area contributed by atoms with Gasteiger partial charge in [0.1, 0.15) is 0 Å².